The van der Waals surface area contributed by atoms with Gasteiger partial charge in [-0.3, -0.25) is 9.10 Å². The lowest BCUT2D eigenvalue weighted by Crippen LogP contribution is -2.30. The Morgan fingerprint density at radius 3 is 2.48 bits per heavy atom. The highest BCUT2D eigenvalue weighted by Crippen LogP contribution is 2.18. The molecule has 1 heterocycles. The molecule has 0 aliphatic heterocycles. The smallest absolute Gasteiger partial charge is 0.251 e. The number of hydrogen-bond donors (Lipinski definition) is 1. The van der Waals surface area contributed by atoms with Crippen molar-refractivity contribution in [2.45, 2.75) is 6.54 Å². The zero-order valence-corrected chi connectivity index (χ0v) is 16.6. The molecule has 0 saturated heterocycles. The van der Waals surface area contributed by atoms with Crippen LogP contribution in [0.15, 0.2) is 71.8 Å². The summed E-state index contributed by atoms with van der Waals surface area (Å²) < 4.78 is 30.1. The Bertz CT molecular complexity index is 1090. The molecule has 0 bridgehead atoms. The number of amides is 1. The quantitative estimate of drug-likeness (QED) is 0.570. The average Bonchev–Trinajstić information content (AvgIpc) is 3.19. The van der Waals surface area contributed by atoms with Crippen LogP contribution in [0.5, 0.6) is 0 Å². The van der Waals surface area contributed by atoms with E-state index in [4.69, 9.17) is 4.52 Å². The van der Waals surface area contributed by atoms with E-state index in [0.29, 0.717) is 17.1 Å². The first-order valence-electron chi connectivity index (χ1n) is 8.73. The van der Waals surface area contributed by atoms with Crippen molar-refractivity contribution in [3.8, 4) is 11.4 Å². The number of hydrogen-bond acceptors (Lipinski definition) is 6. The molecule has 9 heteroatoms. The van der Waals surface area contributed by atoms with Crippen LogP contribution >= 0.6 is 0 Å². The van der Waals surface area contributed by atoms with Gasteiger partial charge in [-0.1, -0.05) is 41.6 Å². The van der Waals surface area contributed by atoms with Crippen molar-refractivity contribution in [1.82, 2.24) is 15.5 Å². The molecule has 0 spiro atoms. The van der Waals surface area contributed by atoms with Gasteiger partial charge in [0.1, 0.15) is 0 Å². The first kappa shape index (κ1) is 20.3. The van der Waals surface area contributed by atoms with Crippen LogP contribution in [-0.4, -0.2) is 37.3 Å². The first-order chi connectivity index (χ1) is 13.9. The molecule has 150 valence electrons. The summed E-state index contributed by atoms with van der Waals surface area (Å²) in [5.41, 5.74) is 1.65. The predicted octanol–water partition coefficient (Wildman–Crippen LogP) is 2.62. The number of nitrogens with one attached hydrogen (secondary N) is 1. The fourth-order valence-corrected chi connectivity index (χ4v) is 3.50. The highest BCUT2D eigenvalue weighted by Gasteiger charge is 2.16. The van der Waals surface area contributed by atoms with Gasteiger partial charge in [-0.25, -0.2) is 8.42 Å². The van der Waals surface area contributed by atoms with Gasteiger partial charge in [-0.2, -0.15) is 4.98 Å². The van der Waals surface area contributed by atoms with Crippen LogP contribution in [0.3, 0.4) is 0 Å². The molecule has 0 radical (unpaired) electrons. The predicted molar refractivity (Wildman–Crippen MR) is 110 cm³/mol. The highest BCUT2D eigenvalue weighted by molar-refractivity contribution is 7.92. The van der Waals surface area contributed by atoms with Crippen molar-refractivity contribution in [3.63, 3.8) is 0 Å². The number of rotatable bonds is 8. The van der Waals surface area contributed by atoms with E-state index in [2.05, 4.69) is 22.0 Å². The Labute approximate surface area is 168 Å². The third-order valence-corrected chi connectivity index (χ3v) is 5.17. The molecule has 1 N–H and O–H groups in total. The third kappa shape index (κ3) is 5.08. The maximum atomic E-state index is 12.3. The molecule has 3 aromatic rings. The van der Waals surface area contributed by atoms with Crippen molar-refractivity contribution >= 4 is 21.6 Å². The molecule has 0 atom stereocenters. The minimum atomic E-state index is -3.45. The Morgan fingerprint density at radius 1 is 1.17 bits per heavy atom. The maximum absolute atomic E-state index is 12.3. The first-order valence-corrected chi connectivity index (χ1v) is 10.6. The molecule has 0 aliphatic rings. The molecule has 3 rings (SSSR count). The van der Waals surface area contributed by atoms with Crippen LogP contribution in [0.1, 0.15) is 16.2 Å². The van der Waals surface area contributed by atoms with Gasteiger partial charge in [0.2, 0.25) is 21.7 Å². The summed E-state index contributed by atoms with van der Waals surface area (Å²) in [7, 11) is -3.45. The molecule has 1 aromatic heterocycles. The van der Waals surface area contributed by atoms with Crippen LogP contribution in [0.25, 0.3) is 11.4 Å². The zero-order chi connectivity index (χ0) is 20.9. The third-order valence-electron chi connectivity index (χ3n) is 4.01. The fourth-order valence-electron chi connectivity index (χ4n) is 2.62. The standard InChI is InChI=1S/C20H20N4O4S/c1-3-13-24(29(2,26)27)17-11-9-16(10-12-17)20(25)21-14-18-22-19(23-28-18)15-7-5-4-6-8-15/h3-12H,1,13-14H2,2H3,(H,21,25). The number of anilines is 1. The van der Waals surface area contributed by atoms with Crippen molar-refractivity contribution < 1.29 is 17.7 Å². The number of aromatic nitrogens is 2. The molecule has 0 aliphatic carbocycles. The zero-order valence-electron chi connectivity index (χ0n) is 15.8. The number of benzene rings is 2. The summed E-state index contributed by atoms with van der Waals surface area (Å²) in [5.74, 6) is 0.385. The van der Waals surface area contributed by atoms with Crippen LogP contribution in [0.4, 0.5) is 5.69 Å². The highest BCUT2D eigenvalue weighted by atomic mass is 32.2. The van der Waals surface area contributed by atoms with Gasteiger partial charge in [-0.15, -0.1) is 6.58 Å². The Morgan fingerprint density at radius 2 is 1.86 bits per heavy atom. The summed E-state index contributed by atoms with van der Waals surface area (Å²) >= 11 is 0. The molecule has 1 amide bonds. The van der Waals surface area contributed by atoms with Crippen molar-refractivity contribution in [2.24, 2.45) is 0 Å². The topological polar surface area (TPSA) is 105 Å². The number of carbonyl (C=O) groups is 1. The number of carbonyl (C=O) groups excluding carboxylic acids is 1. The minimum absolute atomic E-state index is 0.0757. The molecular weight excluding hydrogens is 392 g/mol. The SMILES string of the molecule is C=CCN(c1ccc(C(=O)NCc2nc(-c3ccccc3)no2)cc1)S(C)(=O)=O. The molecule has 0 unspecified atom stereocenters. The average molecular weight is 412 g/mol. The Balaban J connectivity index is 1.64. The van der Waals surface area contributed by atoms with Gasteiger partial charge in [-0.05, 0) is 24.3 Å². The monoisotopic (exact) mass is 412 g/mol. The summed E-state index contributed by atoms with van der Waals surface area (Å²) in [5, 5.41) is 6.60. The summed E-state index contributed by atoms with van der Waals surface area (Å²) in [6, 6.07) is 15.6. The van der Waals surface area contributed by atoms with Crippen LogP contribution in [-0.2, 0) is 16.6 Å². The van der Waals surface area contributed by atoms with Crippen molar-refractivity contribution in [1.29, 1.82) is 0 Å². The minimum Gasteiger partial charge on any atom is -0.343 e. The molecule has 29 heavy (non-hydrogen) atoms. The van der Waals surface area contributed by atoms with E-state index in [0.717, 1.165) is 11.8 Å². The van der Waals surface area contributed by atoms with Gasteiger partial charge >= 0.3 is 0 Å². The van der Waals surface area contributed by atoms with E-state index < -0.39 is 10.0 Å². The van der Waals surface area contributed by atoms with E-state index in [9.17, 15) is 13.2 Å². The van der Waals surface area contributed by atoms with E-state index in [1.165, 1.54) is 10.4 Å². The molecular formula is C20H20N4O4S. The molecule has 8 nitrogen and oxygen atoms in total. The van der Waals surface area contributed by atoms with Gasteiger partial charge in [0.25, 0.3) is 5.91 Å². The van der Waals surface area contributed by atoms with Gasteiger partial charge < -0.3 is 9.84 Å². The molecule has 0 saturated carbocycles. The van der Waals surface area contributed by atoms with E-state index >= 15 is 0 Å². The van der Waals surface area contributed by atoms with Gasteiger partial charge in [0, 0.05) is 11.1 Å². The van der Waals surface area contributed by atoms with Crippen LogP contribution in [0.2, 0.25) is 0 Å². The van der Waals surface area contributed by atoms with Gasteiger partial charge in [0.05, 0.1) is 25.0 Å². The number of sulfonamides is 1. The largest absolute Gasteiger partial charge is 0.343 e. The number of nitrogens with zero attached hydrogens (tertiary/aromatic N) is 3. The normalized spacial score (nSPS) is 11.1. The summed E-state index contributed by atoms with van der Waals surface area (Å²) in [6.45, 7) is 3.79. The summed E-state index contributed by atoms with van der Waals surface area (Å²) in [4.78, 5) is 16.6. The lowest BCUT2D eigenvalue weighted by Gasteiger charge is -2.20. The van der Waals surface area contributed by atoms with Crippen LogP contribution < -0.4 is 9.62 Å². The lowest BCUT2D eigenvalue weighted by atomic mass is 10.2. The molecule has 0 fully saturated rings. The second-order valence-electron chi connectivity index (χ2n) is 6.19. The second-order valence-corrected chi connectivity index (χ2v) is 8.10. The van der Waals surface area contributed by atoms with Crippen molar-refractivity contribution in [3.05, 3.63) is 78.7 Å². The second kappa shape index (κ2) is 8.70. The Kier molecular flexibility index (Phi) is 6.08. The van der Waals surface area contributed by atoms with Gasteiger partial charge in [0.15, 0.2) is 0 Å². The van der Waals surface area contributed by atoms with E-state index in [-0.39, 0.29) is 24.9 Å². The Hall–Kier alpha value is -3.46. The van der Waals surface area contributed by atoms with Crippen LogP contribution in [0, 0.1) is 0 Å². The summed E-state index contributed by atoms with van der Waals surface area (Å²) in [6.07, 6.45) is 2.61. The van der Waals surface area contributed by atoms with E-state index in [1.807, 2.05) is 30.3 Å². The van der Waals surface area contributed by atoms with E-state index in [1.54, 1.807) is 24.3 Å². The lowest BCUT2D eigenvalue weighted by molar-refractivity contribution is 0.0946. The molecule has 2 aromatic carbocycles. The maximum Gasteiger partial charge on any atom is 0.251 e. The van der Waals surface area contributed by atoms with Crippen molar-refractivity contribution in [2.75, 3.05) is 17.1 Å². The fraction of sp³-hybridized carbons (Fsp3) is 0.150.